The summed E-state index contributed by atoms with van der Waals surface area (Å²) >= 11 is 0. The van der Waals surface area contributed by atoms with Crippen molar-refractivity contribution in [1.82, 2.24) is 5.32 Å². The summed E-state index contributed by atoms with van der Waals surface area (Å²) in [4.78, 5) is 26.2. The van der Waals surface area contributed by atoms with Gasteiger partial charge in [-0.2, -0.15) is 0 Å². The van der Waals surface area contributed by atoms with Crippen molar-refractivity contribution in [3.05, 3.63) is 65.5 Å². The number of nitrogens with one attached hydrogen (secondary N) is 1. The Hall–Kier alpha value is -2.69. The minimum Gasteiger partial charge on any atom is -0.347 e. The van der Waals surface area contributed by atoms with Crippen LogP contribution in [0.3, 0.4) is 0 Å². The van der Waals surface area contributed by atoms with Crippen LogP contribution < -0.4 is 10.2 Å². The number of fused-ring (bicyclic) bond motifs is 1. The van der Waals surface area contributed by atoms with E-state index in [9.17, 15) is 14.0 Å². The van der Waals surface area contributed by atoms with Crippen molar-refractivity contribution in [2.45, 2.75) is 25.8 Å². The second-order valence-corrected chi connectivity index (χ2v) is 5.99. The number of para-hydroxylation sites is 1. The van der Waals surface area contributed by atoms with Crippen LogP contribution in [-0.4, -0.2) is 24.4 Å². The van der Waals surface area contributed by atoms with E-state index in [2.05, 4.69) is 5.32 Å². The fourth-order valence-electron chi connectivity index (χ4n) is 3.03. The van der Waals surface area contributed by atoms with Crippen LogP contribution in [0.2, 0.25) is 0 Å². The lowest BCUT2D eigenvalue weighted by Gasteiger charge is -2.22. The van der Waals surface area contributed by atoms with E-state index in [0.29, 0.717) is 13.0 Å². The molecule has 1 atom stereocenters. The number of amides is 2. The van der Waals surface area contributed by atoms with Gasteiger partial charge >= 0.3 is 11.8 Å². The molecular weight excluding hydrogens is 307 g/mol. The van der Waals surface area contributed by atoms with Crippen molar-refractivity contribution in [1.29, 1.82) is 0 Å². The molecule has 2 aromatic rings. The highest BCUT2D eigenvalue weighted by atomic mass is 19.1. The molecule has 1 unspecified atom stereocenters. The Morgan fingerprint density at radius 3 is 2.62 bits per heavy atom. The van der Waals surface area contributed by atoms with Crippen molar-refractivity contribution < 1.29 is 14.0 Å². The van der Waals surface area contributed by atoms with Gasteiger partial charge in [0.1, 0.15) is 5.82 Å². The molecule has 24 heavy (non-hydrogen) atoms. The first-order chi connectivity index (χ1) is 11.6. The first-order valence-electron chi connectivity index (χ1n) is 8.00. The topological polar surface area (TPSA) is 49.4 Å². The Balaban J connectivity index is 1.59. The summed E-state index contributed by atoms with van der Waals surface area (Å²) in [5, 5.41) is 2.65. The Kier molecular flexibility index (Phi) is 4.60. The molecule has 0 aliphatic carbocycles. The SMILES string of the molecule is CC1Cc2ccccc2N1C(=O)C(=O)NCCc1ccc(F)cc1. The Morgan fingerprint density at radius 2 is 1.88 bits per heavy atom. The predicted octanol–water partition coefficient (Wildman–Crippen LogP) is 2.46. The van der Waals surface area contributed by atoms with Crippen LogP contribution >= 0.6 is 0 Å². The van der Waals surface area contributed by atoms with E-state index in [1.165, 1.54) is 12.1 Å². The first-order valence-corrected chi connectivity index (χ1v) is 8.00. The minimum absolute atomic E-state index is 0.0299. The lowest BCUT2D eigenvalue weighted by molar-refractivity contribution is -0.137. The summed E-state index contributed by atoms with van der Waals surface area (Å²) in [6.07, 6.45) is 1.30. The average Bonchev–Trinajstić information content (AvgIpc) is 2.91. The smallest absolute Gasteiger partial charge is 0.316 e. The number of rotatable bonds is 3. The maximum atomic E-state index is 12.9. The lowest BCUT2D eigenvalue weighted by atomic mass is 10.1. The predicted molar refractivity (Wildman–Crippen MR) is 90.2 cm³/mol. The fraction of sp³-hybridized carbons (Fsp3) is 0.263. The third-order valence-corrected chi connectivity index (χ3v) is 4.23. The van der Waals surface area contributed by atoms with Crippen molar-refractivity contribution in [3.63, 3.8) is 0 Å². The van der Waals surface area contributed by atoms with Crippen LogP contribution in [0.5, 0.6) is 0 Å². The van der Waals surface area contributed by atoms with Crippen molar-refractivity contribution in [2.24, 2.45) is 0 Å². The third kappa shape index (κ3) is 3.30. The number of benzene rings is 2. The molecular formula is C19H19FN2O2. The molecule has 0 saturated carbocycles. The molecule has 0 bridgehead atoms. The highest BCUT2D eigenvalue weighted by Crippen LogP contribution is 2.31. The largest absolute Gasteiger partial charge is 0.347 e. The van der Waals surface area contributed by atoms with E-state index in [1.54, 1.807) is 17.0 Å². The molecule has 2 amide bonds. The summed E-state index contributed by atoms with van der Waals surface area (Å²) in [6.45, 7) is 2.27. The second-order valence-electron chi connectivity index (χ2n) is 5.99. The van der Waals surface area contributed by atoms with Crippen LogP contribution in [0.1, 0.15) is 18.1 Å². The molecule has 4 nitrogen and oxygen atoms in total. The van der Waals surface area contributed by atoms with Gasteiger partial charge in [0.2, 0.25) is 0 Å². The molecule has 1 aliphatic rings. The number of halogens is 1. The van der Waals surface area contributed by atoms with Gasteiger partial charge in [-0.3, -0.25) is 9.59 Å². The van der Waals surface area contributed by atoms with Gasteiger partial charge in [0.15, 0.2) is 0 Å². The molecule has 2 aromatic carbocycles. The second kappa shape index (κ2) is 6.83. The van der Waals surface area contributed by atoms with Crippen molar-refractivity contribution in [2.75, 3.05) is 11.4 Å². The summed E-state index contributed by atoms with van der Waals surface area (Å²) in [7, 11) is 0. The van der Waals surface area contributed by atoms with Gasteiger partial charge in [-0.05, 0) is 49.1 Å². The molecule has 1 aliphatic heterocycles. The Bertz CT molecular complexity index is 758. The van der Waals surface area contributed by atoms with E-state index < -0.39 is 11.8 Å². The van der Waals surface area contributed by atoms with E-state index in [-0.39, 0.29) is 11.9 Å². The molecule has 1 heterocycles. The summed E-state index contributed by atoms with van der Waals surface area (Å²) in [6, 6.07) is 13.7. The molecule has 5 heteroatoms. The number of hydrogen-bond acceptors (Lipinski definition) is 2. The highest BCUT2D eigenvalue weighted by molar-refractivity contribution is 6.40. The zero-order chi connectivity index (χ0) is 17.1. The quantitative estimate of drug-likeness (QED) is 0.881. The first kappa shape index (κ1) is 16.2. The van der Waals surface area contributed by atoms with E-state index in [1.807, 2.05) is 31.2 Å². The van der Waals surface area contributed by atoms with E-state index >= 15 is 0 Å². The zero-order valence-corrected chi connectivity index (χ0v) is 13.5. The van der Waals surface area contributed by atoms with Gasteiger partial charge in [-0.15, -0.1) is 0 Å². The van der Waals surface area contributed by atoms with Crippen LogP contribution in [-0.2, 0) is 22.4 Å². The third-order valence-electron chi connectivity index (χ3n) is 4.23. The number of carbonyl (C=O) groups excluding carboxylic acids is 2. The van der Waals surface area contributed by atoms with Crippen LogP contribution in [0.4, 0.5) is 10.1 Å². The van der Waals surface area contributed by atoms with Gasteiger partial charge in [0.05, 0.1) is 0 Å². The van der Waals surface area contributed by atoms with Gasteiger partial charge in [-0.25, -0.2) is 4.39 Å². The molecule has 1 N–H and O–H groups in total. The maximum absolute atomic E-state index is 12.9. The Labute approximate surface area is 140 Å². The zero-order valence-electron chi connectivity index (χ0n) is 13.5. The van der Waals surface area contributed by atoms with Gasteiger partial charge in [-0.1, -0.05) is 30.3 Å². The van der Waals surface area contributed by atoms with Crippen molar-refractivity contribution >= 4 is 17.5 Å². The molecule has 0 radical (unpaired) electrons. The monoisotopic (exact) mass is 326 g/mol. The van der Waals surface area contributed by atoms with Gasteiger partial charge in [0, 0.05) is 18.3 Å². The lowest BCUT2D eigenvalue weighted by Crippen LogP contribution is -2.46. The number of carbonyl (C=O) groups is 2. The number of nitrogens with zero attached hydrogens (tertiary/aromatic N) is 1. The number of hydrogen-bond donors (Lipinski definition) is 1. The number of anilines is 1. The fourth-order valence-corrected chi connectivity index (χ4v) is 3.03. The summed E-state index contributed by atoms with van der Waals surface area (Å²) in [5.74, 6) is -1.44. The van der Waals surface area contributed by atoms with E-state index in [4.69, 9.17) is 0 Å². The van der Waals surface area contributed by atoms with Crippen LogP contribution in [0, 0.1) is 5.82 Å². The summed E-state index contributed by atoms with van der Waals surface area (Å²) in [5.41, 5.74) is 2.80. The molecule has 0 saturated heterocycles. The van der Waals surface area contributed by atoms with Crippen molar-refractivity contribution in [3.8, 4) is 0 Å². The maximum Gasteiger partial charge on any atom is 0.316 e. The standard InChI is InChI=1S/C19H19FN2O2/c1-13-12-15-4-2-3-5-17(15)22(13)19(24)18(23)21-11-10-14-6-8-16(20)9-7-14/h2-9,13H,10-12H2,1H3,(H,21,23). The molecule has 0 spiro atoms. The Morgan fingerprint density at radius 1 is 1.17 bits per heavy atom. The normalized spacial score (nSPS) is 15.9. The van der Waals surface area contributed by atoms with Gasteiger partial charge < -0.3 is 10.2 Å². The minimum atomic E-state index is -0.610. The molecule has 3 rings (SSSR count). The van der Waals surface area contributed by atoms with Crippen LogP contribution in [0.15, 0.2) is 48.5 Å². The summed E-state index contributed by atoms with van der Waals surface area (Å²) < 4.78 is 12.9. The molecule has 124 valence electrons. The van der Waals surface area contributed by atoms with Crippen LogP contribution in [0.25, 0.3) is 0 Å². The average molecular weight is 326 g/mol. The van der Waals surface area contributed by atoms with E-state index in [0.717, 1.165) is 23.2 Å². The highest BCUT2D eigenvalue weighted by Gasteiger charge is 2.33. The molecule has 0 aromatic heterocycles. The van der Waals surface area contributed by atoms with Gasteiger partial charge in [0.25, 0.3) is 0 Å². The molecule has 0 fully saturated rings.